The number of aliphatic hydroxyl groups is 3. The summed E-state index contributed by atoms with van der Waals surface area (Å²) in [5.41, 5.74) is 2.97. The second kappa shape index (κ2) is 10.0. The Bertz CT molecular complexity index is 1100. The zero-order valence-electron chi connectivity index (χ0n) is 19.1. The standard InChI is InChI=1S/C23H31N5O5/c1-4-15-7-13-9-17(33-18(13)10-25-15)19-12(2)26-23(24-5-6-32-3)28-22(19)27-16-8-14(11-29)20(30)21(16)31/h7,9-10,14,16,20-21,29-31H,4-6,8,11H2,1-3H3,(H2,24,26,27,28)/t14-,16-,20-,21+/m1/s1. The minimum atomic E-state index is -1.04. The maximum absolute atomic E-state index is 10.5. The van der Waals surface area contributed by atoms with Gasteiger partial charge in [0, 0.05) is 37.3 Å². The van der Waals surface area contributed by atoms with Gasteiger partial charge in [0.05, 0.1) is 36.2 Å². The van der Waals surface area contributed by atoms with Gasteiger partial charge in [0.2, 0.25) is 5.95 Å². The van der Waals surface area contributed by atoms with E-state index in [2.05, 4.69) is 25.6 Å². The van der Waals surface area contributed by atoms with Gasteiger partial charge in [0.25, 0.3) is 0 Å². The maximum atomic E-state index is 10.5. The number of pyridine rings is 1. The lowest BCUT2D eigenvalue weighted by atomic mass is 10.1. The highest BCUT2D eigenvalue weighted by molar-refractivity contribution is 5.86. The topological polar surface area (TPSA) is 146 Å². The number of hydrogen-bond acceptors (Lipinski definition) is 10. The molecule has 0 saturated heterocycles. The van der Waals surface area contributed by atoms with Crippen LogP contribution in [0.5, 0.6) is 0 Å². The second-order valence-electron chi connectivity index (χ2n) is 8.36. The van der Waals surface area contributed by atoms with Crippen LogP contribution >= 0.6 is 0 Å². The van der Waals surface area contributed by atoms with E-state index in [0.717, 1.165) is 17.5 Å². The molecule has 3 aromatic heterocycles. The number of nitrogens with one attached hydrogen (secondary N) is 2. The van der Waals surface area contributed by atoms with E-state index in [4.69, 9.17) is 9.15 Å². The number of fused-ring (bicyclic) bond motifs is 1. The Morgan fingerprint density at radius 3 is 2.73 bits per heavy atom. The molecule has 10 nitrogen and oxygen atoms in total. The summed E-state index contributed by atoms with van der Waals surface area (Å²) < 4.78 is 11.2. The number of aryl methyl sites for hydroxylation is 2. The van der Waals surface area contributed by atoms with Gasteiger partial charge in [-0.2, -0.15) is 4.98 Å². The van der Waals surface area contributed by atoms with Crippen molar-refractivity contribution in [1.82, 2.24) is 15.0 Å². The van der Waals surface area contributed by atoms with Crippen molar-refractivity contribution < 1.29 is 24.5 Å². The molecule has 0 spiro atoms. The molecule has 10 heteroatoms. The van der Waals surface area contributed by atoms with Crippen molar-refractivity contribution in [2.24, 2.45) is 5.92 Å². The van der Waals surface area contributed by atoms with Crippen molar-refractivity contribution in [1.29, 1.82) is 0 Å². The van der Waals surface area contributed by atoms with E-state index in [1.807, 2.05) is 26.0 Å². The second-order valence-corrected chi connectivity index (χ2v) is 8.36. The lowest BCUT2D eigenvalue weighted by Gasteiger charge is -2.21. The molecule has 1 aliphatic carbocycles. The third-order valence-corrected chi connectivity index (χ3v) is 6.11. The number of aromatic nitrogens is 3. The molecule has 178 valence electrons. The van der Waals surface area contributed by atoms with Crippen LogP contribution in [-0.2, 0) is 11.2 Å². The molecule has 4 atom stereocenters. The van der Waals surface area contributed by atoms with E-state index in [9.17, 15) is 15.3 Å². The molecule has 3 heterocycles. The van der Waals surface area contributed by atoms with Crippen LogP contribution in [0.15, 0.2) is 22.7 Å². The van der Waals surface area contributed by atoms with Gasteiger partial charge in [-0.05, 0) is 31.9 Å². The zero-order chi connectivity index (χ0) is 23.5. The number of methoxy groups -OCH3 is 1. The summed E-state index contributed by atoms with van der Waals surface area (Å²) in [5.74, 6) is 1.05. The minimum absolute atomic E-state index is 0.202. The van der Waals surface area contributed by atoms with Crippen LogP contribution in [0, 0.1) is 12.8 Å². The largest absolute Gasteiger partial charge is 0.454 e. The van der Waals surface area contributed by atoms with Crippen molar-refractivity contribution in [3.63, 3.8) is 0 Å². The van der Waals surface area contributed by atoms with Crippen LogP contribution in [0.25, 0.3) is 22.3 Å². The fourth-order valence-electron chi connectivity index (χ4n) is 4.25. The summed E-state index contributed by atoms with van der Waals surface area (Å²) in [6, 6.07) is 3.44. The van der Waals surface area contributed by atoms with E-state index in [1.165, 1.54) is 0 Å². The number of anilines is 2. The summed E-state index contributed by atoms with van der Waals surface area (Å²) in [7, 11) is 1.62. The number of nitrogens with zero attached hydrogens (tertiary/aromatic N) is 3. The van der Waals surface area contributed by atoms with E-state index < -0.39 is 24.2 Å². The summed E-state index contributed by atoms with van der Waals surface area (Å²) >= 11 is 0. The molecule has 0 aliphatic heterocycles. The normalized spacial score (nSPS) is 22.7. The van der Waals surface area contributed by atoms with Crippen LogP contribution in [-0.4, -0.2) is 75.4 Å². The third-order valence-electron chi connectivity index (χ3n) is 6.11. The van der Waals surface area contributed by atoms with E-state index in [0.29, 0.717) is 53.9 Å². The summed E-state index contributed by atoms with van der Waals surface area (Å²) in [6.45, 7) is 4.73. The Hall–Kier alpha value is -2.79. The van der Waals surface area contributed by atoms with Gasteiger partial charge in [-0.15, -0.1) is 0 Å². The molecule has 0 aromatic carbocycles. The highest BCUT2D eigenvalue weighted by atomic mass is 16.5. The molecule has 0 amide bonds. The van der Waals surface area contributed by atoms with Crippen molar-refractivity contribution >= 4 is 22.7 Å². The average molecular weight is 458 g/mol. The Kier molecular flexibility index (Phi) is 7.08. The number of hydrogen-bond donors (Lipinski definition) is 5. The summed E-state index contributed by atoms with van der Waals surface area (Å²) in [4.78, 5) is 13.6. The van der Waals surface area contributed by atoms with Crippen molar-refractivity contribution in [3.8, 4) is 11.3 Å². The molecular weight excluding hydrogens is 426 g/mol. The summed E-state index contributed by atoms with van der Waals surface area (Å²) in [6.07, 6.45) is 0.883. The lowest BCUT2D eigenvalue weighted by molar-refractivity contribution is 0.00446. The zero-order valence-corrected chi connectivity index (χ0v) is 19.1. The smallest absolute Gasteiger partial charge is 0.224 e. The van der Waals surface area contributed by atoms with Gasteiger partial charge >= 0.3 is 0 Å². The molecule has 4 rings (SSSR count). The van der Waals surface area contributed by atoms with Crippen molar-refractivity contribution in [3.05, 3.63) is 29.7 Å². The van der Waals surface area contributed by atoms with Gasteiger partial charge in [-0.25, -0.2) is 4.98 Å². The van der Waals surface area contributed by atoms with Gasteiger partial charge in [-0.1, -0.05) is 6.92 Å². The molecule has 33 heavy (non-hydrogen) atoms. The predicted molar refractivity (Wildman–Crippen MR) is 124 cm³/mol. The number of rotatable bonds is 9. The molecule has 1 fully saturated rings. The molecule has 0 radical (unpaired) electrons. The fraction of sp³-hybridized carbons (Fsp3) is 0.522. The van der Waals surface area contributed by atoms with Gasteiger partial charge in [0.15, 0.2) is 5.58 Å². The van der Waals surface area contributed by atoms with Gasteiger partial charge < -0.3 is 35.1 Å². The Balaban J connectivity index is 1.74. The molecule has 5 N–H and O–H groups in total. The average Bonchev–Trinajstić information content (AvgIpc) is 3.34. The molecule has 0 bridgehead atoms. The first-order valence-corrected chi connectivity index (χ1v) is 11.2. The third kappa shape index (κ3) is 4.79. The molecule has 3 aromatic rings. The van der Waals surface area contributed by atoms with Crippen molar-refractivity contribution in [2.75, 3.05) is 37.5 Å². The molecule has 0 unspecified atom stereocenters. The van der Waals surface area contributed by atoms with Crippen LogP contribution in [0.4, 0.5) is 11.8 Å². The summed E-state index contributed by atoms with van der Waals surface area (Å²) in [5, 5.41) is 37.7. The quantitative estimate of drug-likeness (QED) is 0.301. The fourth-order valence-corrected chi connectivity index (χ4v) is 4.25. The van der Waals surface area contributed by atoms with Crippen LogP contribution in [0.3, 0.4) is 0 Å². The molecular formula is C23H31N5O5. The monoisotopic (exact) mass is 457 g/mol. The number of ether oxygens (including phenoxy) is 1. The first-order chi connectivity index (χ1) is 15.9. The first-order valence-electron chi connectivity index (χ1n) is 11.2. The predicted octanol–water partition coefficient (Wildman–Crippen LogP) is 1.73. The van der Waals surface area contributed by atoms with Gasteiger partial charge in [0.1, 0.15) is 17.7 Å². The van der Waals surface area contributed by atoms with E-state index in [1.54, 1.807) is 13.3 Å². The van der Waals surface area contributed by atoms with Crippen LogP contribution in [0.2, 0.25) is 0 Å². The number of furan rings is 1. The van der Waals surface area contributed by atoms with Crippen molar-refractivity contribution in [2.45, 2.75) is 44.9 Å². The lowest BCUT2D eigenvalue weighted by Crippen LogP contribution is -2.35. The Morgan fingerprint density at radius 2 is 2.03 bits per heavy atom. The Labute approximate surface area is 192 Å². The van der Waals surface area contributed by atoms with E-state index >= 15 is 0 Å². The highest BCUT2D eigenvalue weighted by Crippen LogP contribution is 2.37. The number of aliphatic hydroxyl groups excluding tert-OH is 3. The van der Waals surface area contributed by atoms with E-state index in [-0.39, 0.29) is 6.61 Å². The van der Waals surface area contributed by atoms with Crippen LogP contribution in [0.1, 0.15) is 24.7 Å². The highest BCUT2D eigenvalue weighted by Gasteiger charge is 2.41. The minimum Gasteiger partial charge on any atom is -0.454 e. The van der Waals surface area contributed by atoms with Crippen LogP contribution < -0.4 is 10.6 Å². The Morgan fingerprint density at radius 1 is 1.21 bits per heavy atom. The van der Waals surface area contributed by atoms with Gasteiger partial charge in [-0.3, -0.25) is 4.98 Å². The SMILES string of the molecule is CCc1cc2cc(-c3c(C)nc(NCCOC)nc3N[C@@H]3C[C@H](CO)[C@@H](O)[C@H]3O)oc2cn1. The molecule has 1 aliphatic rings. The molecule has 1 saturated carbocycles. The maximum Gasteiger partial charge on any atom is 0.224 e. The first kappa shape index (κ1) is 23.4.